The van der Waals surface area contributed by atoms with Crippen LogP contribution in [0.1, 0.15) is 28.1 Å². The fraction of sp³-hybridized carbons (Fsp3) is 0.167. The molecule has 1 aliphatic heterocycles. The molecule has 4 nitrogen and oxygen atoms in total. The molecule has 6 heteroatoms. The van der Waals surface area contributed by atoms with Crippen molar-refractivity contribution in [3.05, 3.63) is 98.7 Å². The highest BCUT2D eigenvalue weighted by atomic mass is 35.5. The van der Waals surface area contributed by atoms with Crippen molar-refractivity contribution in [2.45, 2.75) is 26.9 Å². The van der Waals surface area contributed by atoms with Crippen LogP contribution >= 0.6 is 23.4 Å². The molecule has 0 unspecified atom stereocenters. The zero-order valence-corrected chi connectivity index (χ0v) is 18.3. The molecule has 152 valence electrons. The molecule has 2 amide bonds. The fourth-order valence-corrected chi connectivity index (χ4v) is 4.58. The number of amides is 2. The molecule has 1 saturated heterocycles. The standard InChI is InChI=1S/C24H21ClN2O2S/c1-16-12-20(17(2)26(16)14-18-8-4-3-5-9-18)13-22-23(28)27(24(29)30-22)15-19-10-6-7-11-21(19)25/h3-13H,14-15H2,1-2H3/b22-13-. The number of imide groups is 1. The predicted octanol–water partition coefficient (Wildman–Crippen LogP) is 6.04. The number of halogens is 1. The second kappa shape index (κ2) is 8.54. The first-order valence-corrected chi connectivity index (χ1v) is 10.8. The lowest BCUT2D eigenvalue weighted by Gasteiger charge is -2.13. The molecule has 0 saturated carbocycles. The van der Waals surface area contributed by atoms with Gasteiger partial charge in [0.05, 0.1) is 11.4 Å². The largest absolute Gasteiger partial charge is 0.344 e. The summed E-state index contributed by atoms with van der Waals surface area (Å²) in [6.45, 7) is 5.03. The molecule has 2 heterocycles. The summed E-state index contributed by atoms with van der Waals surface area (Å²) in [6.07, 6.45) is 1.82. The van der Waals surface area contributed by atoms with Gasteiger partial charge in [0.25, 0.3) is 11.1 Å². The van der Waals surface area contributed by atoms with E-state index in [1.54, 1.807) is 6.07 Å². The molecule has 0 bridgehead atoms. The number of benzene rings is 2. The van der Waals surface area contributed by atoms with E-state index in [1.165, 1.54) is 10.5 Å². The Balaban J connectivity index is 1.58. The Labute approximate surface area is 185 Å². The van der Waals surface area contributed by atoms with Crippen LogP contribution in [0.25, 0.3) is 6.08 Å². The zero-order chi connectivity index (χ0) is 21.3. The minimum absolute atomic E-state index is 0.175. The molecular weight excluding hydrogens is 416 g/mol. The maximum Gasteiger partial charge on any atom is 0.293 e. The van der Waals surface area contributed by atoms with Gasteiger partial charge in [-0.05, 0) is 60.5 Å². The Bertz CT molecular complexity index is 1150. The third-order valence-corrected chi connectivity index (χ3v) is 6.52. The highest BCUT2D eigenvalue weighted by molar-refractivity contribution is 8.18. The van der Waals surface area contributed by atoms with Crippen molar-refractivity contribution in [3.8, 4) is 0 Å². The van der Waals surface area contributed by atoms with E-state index in [-0.39, 0.29) is 17.7 Å². The topological polar surface area (TPSA) is 42.3 Å². The molecule has 0 radical (unpaired) electrons. The summed E-state index contributed by atoms with van der Waals surface area (Å²) in [6, 6.07) is 19.6. The Morgan fingerprint density at radius 2 is 1.67 bits per heavy atom. The van der Waals surface area contributed by atoms with Crippen LogP contribution in [0.3, 0.4) is 0 Å². The van der Waals surface area contributed by atoms with Crippen molar-refractivity contribution < 1.29 is 9.59 Å². The summed E-state index contributed by atoms with van der Waals surface area (Å²) in [7, 11) is 0. The average molecular weight is 437 g/mol. The molecule has 1 fully saturated rings. The van der Waals surface area contributed by atoms with Gasteiger partial charge in [-0.15, -0.1) is 0 Å². The van der Waals surface area contributed by atoms with Gasteiger partial charge in [0.15, 0.2) is 0 Å². The molecule has 0 atom stereocenters. The van der Waals surface area contributed by atoms with Gasteiger partial charge in [-0.2, -0.15) is 0 Å². The lowest BCUT2D eigenvalue weighted by molar-refractivity contribution is -0.123. The van der Waals surface area contributed by atoms with Crippen molar-refractivity contribution in [1.82, 2.24) is 9.47 Å². The normalized spacial score (nSPS) is 15.4. The lowest BCUT2D eigenvalue weighted by Crippen LogP contribution is -2.27. The van der Waals surface area contributed by atoms with Gasteiger partial charge in [0.2, 0.25) is 0 Å². The molecular formula is C24H21ClN2O2S. The number of thioether (sulfide) groups is 1. The molecule has 1 aliphatic rings. The molecule has 2 aromatic carbocycles. The van der Waals surface area contributed by atoms with Gasteiger partial charge in [-0.1, -0.05) is 60.1 Å². The van der Waals surface area contributed by atoms with E-state index in [1.807, 2.05) is 49.4 Å². The number of carbonyl (C=O) groups excluding carboxylic acids is 2. The summed E-state index contributed by atoms with van der Waals surface area (Å²) < 4.78 is 2.22. The third kappa shape index (κ3) is 4.09. The average Bonchev–Trinajstić information content (AvgIpc) is 3.15. The molecule has 0 N–H and O–H groups in total. The van der Waals surface area contributed by atoms with Crippen molar-refractivity contribution in [1.29, 1.82) is 0 Å². The number of nitrogens with zero attached hydrogens (tertiary/aromatic N) is 2. The first-order valence-electron chi connectivity index (χ1n) is 9.63. The van der Waals surface area contributed by atoms with Crippen LogP contribution < -0.4 is 0 Å². The minimum Gasteiger partial charge on any atom is -0.344 e. The number of aryl methyl sites for hydroxylation is 1. The van der Waals surface area contributed by atoms with Crippen molar-refractivity contribution >= 4 is 40.6 Å². The van der Waals surface area contributed by atoms with Crippen LogP contribution in [0.4, 0.5) is 4.79 Å². The molecule has 1 aromatic heterocycles. The van der Waals surface area contributed by atoms with E-state index < -0.39 is 0 Å². The molecule has 4 rings (SSSR count). The van der Waals surface area contributed by atoms with Gasteiger partial charge >= 0.3 is 0 Å². The van der Waals surface area contributed by atoms with Crippen molar-refractivity contribution in [3.63, 3.8) is 0 Å². The van der Waals surface area contributed by atoms with E-state index in [4.69, 9.17) is 11.6 Å². The van der Waals surface area contributed by atoms with Crippen molar-refractivity contribution in [2.24, 2.45) is 0 Å². The summed E-state index contributed by atoms with van der Waals surface area (Å²) in [4.78, 5) is 27.1. The van der Waals surface area contributed by atoms with Gasteiger partial charge in [-0.3, -0.25) is 14.5 Å². The summed E-state index contributed by atoms with van der Waals surface area (Å²) in [5.41, 5.74) is 5.09. The second-order valence-corrected chi connectivity index (χ2v) is 8.66. The third-order valence-electron chi connectivity index (χ3n) is 5.24. The summed E-state index contributed by atoms with van der Waals surface area (Å²) in [5.74, 6) is -0.280. The molecule has 0 spiro atoms. The number of carbonyl (C=O) groups is 2. The lowest BCUT2D eigenvalue weighted by atomic mass is 10.2. The van der Waals surface area contributed by atoms with Crippen LogP contribution in [0.2, 0.25) is 5.02 Å². The smallest absolute Gasteiger partial charge is 0.293 e. The number of hydrogen-bond acceptors (Lipinski definition) is 3. The van der Waals surface area contributed by atoms with E-state index in [9.17, 15) is 9.59 Å². The highest BCUT2D eigenvalue weighted by Crippen LogP contribution is 2.35. The Morgan fingerprint density at radius 3 is 2.40 bits per heavy atom. The zero-order valence-electron chi connectivity index (χ0n) is 16.8. The van der Waals surface area contributed by atoms with Crippen LogP contribution in [0.5, 0.6) is 0 Å². The predicted molar refractivity (Wildman–Crippen MR) is 122 cm³/mol. The van der Waals surface area contributed by atoms with Crippen LogP contribution in [0.15, 0.2) is 65.6 Å². The quantitative estimate of drug-likeness (QED) is 0.457. The highest BCUT2D eigenvalue weighted by Gasteiger charge is 2.35. The maximum absolute atomic E-state index is 12.9. The first-order chi connectivity index (χ1) is 14.4. The van der Waals surface area contributed by atoms with Gasteiger partial charge in [0.1, 0.15) is 0 Å². The van der Waals surface area contributed by atoms with E-state index in [2.05, 4.69) is 29.7 Å². The monoisotopic (exact) mass is 436 g/mol. The SMILES string of the molecule is Cc1cc(/C=C2\SC(=O)N(Cc3ccccc3Cl)C2=O)c(C)n1Cc1ccccc1. The molecule has 3 aromatic rings. The summed E-state index contributed by atoms with van der Waals surface area (Å²) in [5, 5.41) is 0.272. The minimum atomic E-state index is -0.280. The van der Waals surface area contributed by atoms with Gasteiger partial charge < -0.3 is 4.57 Å². The van der Waals surface area contributed by atoms with Crippen LogP contribution in [-0.4, -0.2) is 20.6 Å². The van der Waals surface area contributed by atoms with Crippen molar-refractivity contribution in [2.75, 3.05) is 0 Å². The first kappa shape index (κ1) is 20.5. The Hall–Kier alpha value is -2.76. The van der Waals surface area contributed by atoms with Crippen LogP contribution in [0, 0.1) is 13.8 Å². The molecule has 30 heavy (non-hydrogen) atoms. The number of aromatic nitrogens is 1. The fourth-order valence-electron chi connectivity index (χ4n) is 3.56. The number of hydrogen-bond donors (Lipinski definition) is 0. The Kier molecular flexibility index (Phi) is 5.84. The van der Waals surface area contributed by atoms with Crippen LogP contribution in [-0.2, 0) is 17.9 Å². The van der Waals surface area contributed by atoms with E-state index in [0.29, 0.717) is 9.93 Å². The molecule has 0 aliphatic carbocycles. The number of rotatable bonds is 5. The van der Waals surface area contributed by atoms with E-state index >= 15 is 0 Å². The van der Waals surface area contributed by atoms with Gasteiger partial charge in [0, 0.05) is 23.0 Å². The van der Waals surface area contributed by atoms with E-state index in [0.717, 1.165) is 40.8 Å². The Morgan fingerprint density at radius 1 is 0.967 bits per heavy atom. The second-order valence-electron chi connectivity index (χ2n) is 7.26. The maximum atomic E-state index is 12.9. The summed E-state index contributed by atoms with van der Waals surface area (Å²) >= 11 is 7.17. The van der Waals surface area contributed by atoms with Gasteiger partial charge in [-0.25, -0.2) is 0 Å².